The lowest BCUT2D eigenvalue weighted by Crippen LogP contribution is -2.36. The van der Waals surface area contributed by atoms with Crippen molar-refractivity contribution >= 4 is 5.91 Å². The molecule has 0 saturated carbocycles. The second-order valence-corrected chi connectivity index (χ2v) is 4.80. The average Bonchev–Trinajstić information content (AvgIpc) is 2.82. The van der Waals surface area contributed by atoms with Crippen LogP contribution in [0.5, 0.6) is 0 Å². The van der Waals surface area contributed by atoms with Gasteiger partial charge >= 0.3 is 0 Å². The summed E-state index contributed by atoms with van der Waals surface area (Å²) in [5, 5.41) is 6.83. The van der Waals surface area contributed by atoms with Crippen LogP contribution in [-0.4, -0.2) is 24.5 Å². The highest BCUT2D eigenvalue weighted by Gasteiger charge is 2.39. The molecule has 3 atom stereocenters. The number of hydrogen-bond acceptors (Lipinski definition) is 3. The molecule has 2 fully saturated rings. The minimum atomic E-state index is -0.208. The van der Waals surface area contributed by atoms with Gasteiger partial charge in [-0.05, 0) is 37.8 Å². The second-order valence-electron chi connectivity index (χ2n) is 4.80. The molecule has 0 radical (unpaired) electrons. The van der Waals surface area contributed by atoms with Gasteiger partial charge in [0, 0.05) is 17.7 Å². The zero-order valence-electron chi connectivity index (χ0n) is 8.75. The summed E-state index contributed by atoms with van der Waals surface area (Å²) in [4.78, 5) is 11.2. The number of fused-ring (bicyclic) bond motifs is 2. The molecule has 3 aliphatic rings. The van der Waals surface area contributed by atoms with Crippen LogP contribution in [0.4, 0.5) is 0 Å². The first kappa shape index (κ1) is 9.21. The molecular formula is C11H17N3O. The van der Waals surface area contributed by atoms with Crippen molar-refractivity contribution in [1.29, 1.82) is 0 Å². The first-order chi connectivity index (χ1) is 7.25. The quantitative estimate of drug-likeness (QED) is 0.560. The molecular weight excluding hydrogens is 190 g/mol. The SMILES string of the molecule is NC(=O)C1CC2CCC3NCCC3=C2N1. The molecule has 1 amide bonds. The Morgan fingerprint density at radius 1 is 1.40 bits per heavy atom. The van der Waals surface area contributed by atoms with Crippen LogP contribution in [0.25, 0.3) is 0 Å². The molecule has 0 aromatic rings. The Morgan fingerprint density at radius 3 is 3.07 bits per heavy atom. The van der Waals surface area contributed by atoms with Gasteiger partial charge in [0.25, 0.3) is 0 Å². The Bertz CT molecular complexity index is 337. The third-order valence-electron chi connectivity index (χ3n) is 3.96. The number of nitrogens with one attached hydrogen (secondary N) is 2. The fourth-order valence-electron chi connectivity index (χ4n) is 3.22. The summed E-state index contributed by atoms with van der Waals surface area (Å²) in [6.45, 7) is 1.08. The molecule has 4 N–H and O–H groups in total. The third-order valence-corrected chi connectivity index (χ3v) is 3.96. The predicted octanol–water partition coefficient (Wildman–Crippen LogP) is -0.140. The van der Waals surface area contributed by atoms with Crippen molar-refractivity contribution in [1.82, 2.24) is 10.6 Å². The lowest BCUT2D eigenvalue weighted by atomic mass is 9.84. The summed E-state index contributed by atoms with van der Waals surface area (Å²) >= 11 is 0. The molecule has 1 aliphatic carbocycles. The topological polar surface area (TPSA) is 67.2 Å². The van der Waals surface area contributed by atoms with E-state index in [0.29, 0.717) is 12.0 Å². The van der Waals surface area contributed by atoms with Gasteiger partial charge in [-0.3, -0.25) is 4.79 Å². The first-order valence-electron chi connectivity index (χ1n) is 5.78. The number of allylic oxidation sites excluding steroid dienone is 1. The van der Waals surface area contributed by atoms with Crippen molar-refractivity contribution in [3.63, 3.8) is 0 Å². The summed E-state index contributed by atoms with van der Waals surface area (Å²) < 4.78 is 0. The van der Waals surface area contributed by atoms with E-state index < -0.39 is 0 Å². The van der Waals surface area contributed by atoms with E-state index in [4.69, 9.17) is 5.73 Å². The van der Waals surface area contributed by atoms with E-state index in [1.54, 1.807) is 0 Å². The minimum absolute atomic E-state index is 0.128. The molecule has 0 aromatic heterocycles. The Kier molecular flexibility index (Phi) is 1.99. The summed E-state index contributed by atoms with van der Waals surface area (Å²) in [6, 6.07) is 0.437. The van der Waals surface area contributed by atoms with Gasteiger partial charge in [0.1, 0.15) is 6.04 Å². The minimum Gasteiger partial charge on any atom is -0.377 e. The number of carbonyl (C=O) groups is 1. The van der Waals surface area contributed by atoms with Gasteiger partial charge in [0.05, 0.1) is 0 Å². The number of nitrogens with two attached hydrogens (primary N) is 1. The zero-order valence-corrected chi connectivity index (χ0v) is 8.75. The van der Waals surface area contributed by atoms with Crippen LogP contribution in [0, 0.1) is 5.92 Å². The zero-order chi connectivity index (χ0) is 10.4. The molecule has 0 aromatic carbocycles. The summed E-state index contributed by atoms with van der Waals surface area (Å²) in [5.41, 5.74) is 8.19. The summed E-state index contributed by atoms with van der Waals surface area (Å²) in [5.74, 6) is 0.355. The normalized spacial score (nSPS) is 38.5. The Morgan fingerprint density at radius 2 is 2.27 bits per heavy atom. The molecule has 3 unspecified atom stereocenters. The summed E-state index contributed by atoms with van der Waals surface area (Å²) in [7, 11) is 0. The van der Waals surface area contributed by atoms with Gasteiger partial charge in [-0.2, -0.15) is 0 Å². The molecule has 4 heteroatoms. The van der Waals surface area contributed by atoms with E-state index in [1.165, 1.54) is 24.1 Å². The standard InChI is InChI=1S/C11H17N3O/c12-11(15)9-5-6-1-2-8-7(3-4-13-8)10(6)14-9/h6,8-9,13-14H,1-5H2,(H2,12,15). The largest absolute Gasteiger partial charge is 0.377 e. The first-order valence-corrected chi connectivity index (χ1v) is 5.78. The highest BCUT2D eigenvalue weighted by atomic mass is 16.1. The molecule has 2 heterocycles. The van der Waals surface area contributed by atoms with Crippen LogP contribution in [-0.2, 0) is 4.79 Å². The van der Waals surface area contributed by atoms with Gasteiger partial charge in [0.15, 0.2) is 0 Å². The number of rotatable bonds is 1. The van der Waals surface area contributed by atoms with Crippen LogP contribution in [0.15, 0.2) is 11.3 Å². The molecule has 2 saturated heterocycles. The Hall–Kier alpha value is -1.03. The van der Waals surface area contributed by atoms with E-state index in [9.17, 15) is 4.79 Å². The predicted molar refractivity (Wildman–Crippen MR) is 56.9 cm³/mol. The number of primary amides is 1. The maximum atomic E-state index is 11.2. The van der Waals surface area contributed by atoms with Crippen molar-refractivity contribution in [3.05, 3.63) is 11.3 Å². The van der Waals surface area contributed by atoms with Gasteiger partial charge in [-0.1, -0.05) is 0 Å². The van der Waals surface area contributed by atoms with Crippen LogP contribution in [0.3, 0.4) is 0 Å². The molecule has 0 spiro atoms. The van der Waals surface area contributed by atoms with E-state index in [2.05, 4.69) is 10.6 Å². The molecule has 2 aliphatic heterocycles. The highest BCUT2D eigenvalue weighted by Crippen LogP contribution is 2.39. The summed E-state index contributed by atoms with van der Waals surface area (Å²) in [6.07, 6.45) is 4.44. The fraction of sp³-hybridized carbons (Fsp3) is 0.727. The molecule has 82 valence electrons. The molecule has 3 rings (SSSR count). The number of hydrogen-bond donors (Lipinski definition) is 3. The van der Waals surface area contributed by atoms with Gasteiger partial charge in [0.2, 0.25) is 5.91 Å². The maximum absolute atomic E-state index is 11.2. The van der Waals surface area contributed by atoms with Gasteiger partial charge in [-0.25, -0.2) is 0 Å². The lowest BCUT2D eigenvalue weighted by molar-refractivity contribution is -0.119. The van der Waals surface area contributed by atoms with Crippen molar-refractivity contribution in [2.24, 2.45) is 11.7 Å². The van der Waals surface area contributed by atoms with E-state index >= 15 is 0 Å². The average molecular weight is 207 g/mol. The van der Waals surface area contributed by atoms with Crippen molar-refractivity contribution < 1.29 is 4.79 Å². The van der Waals surface area contributed by atoms with Gasteiger partial charge < -0.3 is 16.4 Å². The van der Waals surface area contributed by atoms with E-state index in [0.717, 1.165) is 19.4 Å². The maximum Gasteiger partial charge on any atom is 0.239 e. The molecule has 15 heavy (non-hydrogen) atoms. The Balaban J connectivity index is 1.90. The highest BCUT2D eigenvalue weighted by molar-refractivity contribution is 5.80. The van der Waals surface area contributed by atoms with Crippen LogP contribution < -0.4 is 16.4 Å². The third kappa shape index (κ3) is 1.35. The van der Waals surface area contributed by atoms with Crippen LogP contribution >= 0.6 is 0 Å². The van der Waals surface area contributed by atoms with Crippen molar-refractivity contribution in [3.8, 4) is 0 Å². The number of amides is 1. The lowest BCUT2D eigenvalue weighted by Gasteiger charge is -2.25. The number of carbonyl (C=O) groups excluding carboxylic acids is 1. The van der Waals surface area contributed by atoms with Gasteiger partial charge in [-0.15, -0.1) is 0 Å². The van der Waals surface area contributed by atoms with Crippen molar-refractivity contribution in [2.45, 2.75) is 37.8 Å². The van der Waals surface area contributed by atoms with E-state index in [1.807, 2.05) is 0 Å². The van der Waals surface area contributed by atoms with Crippen molar-refractivity contribution in [2.75, 3.05) is 6.54 Å². The molecule has 4 nitrogen and oxygen atoms in total. The van der Waals surface area contributed by atoms with E-state index in [-0.39, 0.29) is 11.9 Å². The monoisotopic (exact) mass is 207 g/mol. The molecule has 0 bridgehead atoms. The fourth-order valence-corrected chi connectivity index (χ4v) is 3.22. The van der Waals surface area contributed by atoms with Crippen LogP contribution in [0.1, 0.15) is 25.7 Å². The smallest absolute Gasteiger partial charge is 0.239 e. The second kappa shape index (κ2) is 3.23. The van der Waals surface area contributed by atoms with Crippen LogP contribution in [0.2, 0.25) is 0 Å². The Labute approximate surface area is 89.3 Å².